The Morgan fingerprint density at radius 2 is 2.11 bits per heavy atom. The first-order chi connectivity index (χ1) is 8.70. The van der Waals surface area contributed by atoms with Gasteiger partial charge in [0, 0.05) is 5.39 Å². The summed E-state index contributed by atoms with van der Waals surface area (Å²) in [6.07, 6.45) is 6.99. The number of hydrogen-bond acceptors (Lipinski definition) is 1. The SMILES string of the molecule is C/C=C\C=C(/C)Cc1cc2ccccc2nc1Cl. The minimum absolute atomic E-state index is 0.599. The molecule has 0 spiro atoms. The number of halogens is 1. The number of benzene rings is 1. The molecule has 0 unspecified atom stereocenters. The van der Waals surface area contributed by atoms with Gasteiger partial charge in [-0.1, -0.05) is 53.6 Å². The van der Waals surface area contributed by atoms with Crippen molar-refractivity contribution in [2.45, 2.75) is 20.3 Å². The minimum Gasteiger partial charge on any atom is -0.236 e. The normalized spacial score (nSPS) is 12.5. The Bertz CT molecular complexity index is 612. The maximum atomic E-state index is 6.22. The van der Waals surface area contributed by atoms with Gasteiger partial charge < -0.3 is 0 Å². The Morgan fingerprint density at radius 3 is 2.89 bits per heavy atom. The third kappa shape index (κ3) is 2.99. The summed E-state index contributed by atoms with van der Waals surface area (Å²) in [6, 6.07) is 10.2. The highest BCUT2D eigenvalue weighted by Crippen LogP contribution is 2.22. The number of allylic oxidation sites excluding steroid dienone is 4. The van der Waals surface area contributed by atoms with E-state index in [1.807, 2.05) is 37.3 Å². The van der Waals surface area contributed by atoms with Crippen molar-refractivity contribution in [1.29, 1.82) is 0 Å². The van der Waals surface area contributed by atoms with Gasteiger partial charge in [0.15, 0.2) is 0 Å². The molecule has 1 nitrogen and oxygen atoms in total. The van der Waals surface area contributed by atoms with Crippen LogP contribution in [0.5, 0.6) is 0 Å². The summed E-state index contributed by atoms with van der Waals surface area (Å²) in [5.74, 6) is 0. The van der Waals surface area contributed by atoms with E-state index in [0.717, 1.165) is 22.9 Å². The van der Waals surface area contributed by atoms with Crippen LogP contribution in [0, 0.1) is 0 Å². The molecule has 0 saturated carbocycles. The maximum absolute atomic E-state index is 6.22. The summed E-state index contributed by atoms with van der Waals surface area (Å²) >= 11 is 6.22. The van der Waals surface area contributed by atoms with Crippen LogP contribution in [0.2, 0.25) is 5.15 Å². The van der Waals surface area contributed by atoms with Crippen LogP contribution in [0.4, 0.5) is 0 Å². The van der Waals surface area contributed by atoms with Crippen molar-refractivity contribution in [3.63, 3.8) is 0 Å². The fourth-order valence-electron chi connectivity index (χ4n) is 1.88. The molecule has 0 amide bonds. The van der Waals surface area contributed by atoms with Crippen LogP contribution >= 0.6 is 11.6 Å². The van der Waals surface area contributed by atoms with Crippen LogP contribution in [-0.2, 0) is 6.42 Å². The summed E-state index contributed by atoms with van der Waals surface area (Å²) in [4.78, 5) is 4.43. The molecule has 1 aromatic heterocycles. The zero-order valence-corrected chi connectivity index (χ0v) is 11.4. The highest BCUT2D eigenvalue weighted by molar-refractivity contribution is 6.30. The topological polar surface area (TPSA) is 12.9 Å². The van der Waals surface area contributed by atoms with Crippen molar-refractivity contribution >= 4 is 22.5 Å². The molecule has 0 N–H and O–H groups in total. The second-order valence-corrected chi connectivity index (χ2v) is 4.70. The molecule has 0 radical (unpaired) electrons. The van der Waals surface area contributed by atoms with Gasteiger partial charge in [0.05, 0.1) is 5.52 Å². The van der Waals surface area contributed by atoms with E-state index >= 15 is 0 Å². The molecule has 2 aromatic rings. The van der Waals surface area contributed by atoms with Crippen LogP contribution in [0.25, 0.3) is 10.9 Å². The van der Waals surface area contributed by atoms with Gasteiger partial charge in [-0.25, -0.2) is 4.98 Å². The number of pyridine rings is 1. The van der Waals surface area contributed by atoms with Crippen LogP contribution in [-0.4, -0.2) is 4.98 Å². The van der Waals surface area contributed by atoms with E-state index in [1.165, 1.54) is 5.57 Å². The lowest BCUT2D eigenvalue weighted by Crippen LogP contribution is -1.92. The summed E-state index contributed by atoms with van der Waals surface area (Å²) in [5, 5.41) is 1.73. The molecule has 0 aliphatic carbocycles. The molecule has 18 heavy (non-hydrogen) atoms. The highest BCUT2D eigenvalue weighted by Gasteiger charge is 2.05. The van der Waals surface area contributed by atoms with Crippen LogP contribution in [0.3, 0.4) is 0 Å². The summed E-state index contributed by atoms with van der Waals surface area (Å²) in [5.41, 5.74) is 3.29. The third-order valence-electron chi connectivity index (χ3n) is 2.79. The number of hydrogen-bond donors (Lipinski definition) is 0. The van der Waals surface area contributed by atoms with E-state index in [4.69, 9.17) is 11.6 Å². The molecule has 0 atom stereocenters. The van der Waals surface area contributed by atoms with E-state index in [0.29, 0.717) is 5.15 Å². The van der Waals surface area contributed by atoms with Gasteiger partial charge in [0.2, 0.25) is 0 Å². The van der Waals surface area contributed by atoms with Gasteiger partial charge in [-0.05, 0) is 38.0 Å². The summed E-state index contributed by atoms with van der Waals surface area (Å²) in [6.45, 7) is 4.11. The lowest BCUT2D eigenvalue weighted by Gasteiger charge is -2.06. The molecule has 1 aromatic carbocycles. The molecule has 0 bridgehead atoms. The highest BCUT2D eigenvalue weighted by atomic mass is 35.5. The van der Waals surface area contributed by atoms with Crippen molar-refractivity contribution in [3.05, 3.63) is 64.8 Å². The van der Waals surface area contributed by atoms with Crippen LogP contribution < -0.4 is 0 Å². The van der Waals surface area contributed by atoms with Crippen molar-refractivity contribution in [2.24, 2.45) is 0 Å². The zero-order chi connectivity index (χ0) is 13.0. The summed E-state index contributed by atoms with van der Waals surface area (Å²) in [7, 11) is 0. The number of rotatable bonds is 3. The van der Waals surface area contributed by atoms with Gasteiger partial charge in [0.25, 0.3) is 0 Å². The van der Waals surface area contributed by atoms with E-state index < -0.39 is 0 Å². The molecule has 92 valence electrons. The molecule has 0 fully saturated rings. The maximum Gasteiger partial charge on any atom is 0.133 e. The monoisotopic (exact) mass is 257 g/mol. The fourth-order valence-corrected chi connectivity index (χ4v) is 2.09. The van der Waals surface area contributed by atoms with Gasteiger partial charge in [-0.15, -0.1) is 0 Å². The third-order valence-corrected chi connectivity index (χ3v) is 3.12. The molecular weight excluding hydrogens is 242 g/mol. The number of nitrogens with zero attached hydrogens (tertiary/aromatic N) is 1. The van der Waals surface area contributed by atoms with Gasteiger partial charge >= 0.3 is 0 Å². The Balaban J connectivity index is 2.36. The fraction of sp³-hybridized carbons (Fsp3) is 0.188. The van der Waals surface area contributed by atoms with E-state index in [1.54, 1.807) is 0 Å². The second-order valence-electron chi connectivity index (χ2n) is 4.35. The Morgan fingerprint density at radius 1 is 1.33 bits per heavy atom. The van der Waals surface area contributed by atoms with Gasteiger partial charge in [-0.3, -0.25) is 0 Å². The van der Waals surface area contributed by atoms with Crippen molar-refractivity contribution in [2.75, 3.05) is 0 Å². The predicted octanol–water partition coefficient (Wildman–Crippen LogP) is 4.95. The number of fused-ring (bicyclic) bond motifs is 1. The Hall–Kier alpha value is -1.60. The second kappa shape index (κ2) is 5.83. The minimum atomic E-state index is 0.599. The lowest BCUT2D eigenvalue weighted by molar-refractivity contribution is 1.13. The predicted molar refractivity (Wildman–Crippen MR) is 79.0 cm³/mol. The van der Waals surface area contributed by atoms with Crippen molar-refractivity contribution in [3.8, 4) is 0 Å². The van der Waals surface area contributed by atoms with E-state index in [-0.39, 0.29) is 0 Å². The van der Waals surface area contributed by atoms with Crippen LogP contribution in [0.15, 0.2) is 54.1 Å². The first kappa shape index (κ1) is 12.8. The molecule has 2 rings (SSSR count). The standard InChI is InChI=1S/C16H16ClN/c1-3-4-7-12(2)10-14-11-13-8-5-6-9-15(13)18-16(14)17/h3-9,11H,10H2,1-2H3/b4-3-,12-7+. The average molecular weight is 258 g/mol. The Labute approximate surface area is 113 Å². The van der Waals surface area contributed by atoms with Gasteiger partial charge in [-0.2, -0.15) is 0 Å². The first-order valence-corrected chi connectivity index (χ1v) is 6.41. The Kier molecular flexibility index (Phi) is 4.16. The largest absolute Gasteiger partial charge is 0.236 e. The van der Waals surface area contributed by atoms with Gasteiger partial charge in [0.1, 0.15) is 5.15 Å². The van der Waals surface area contributed by atoms with Crippen molar-refractivity contribution < 1.29 is 0 Å². The summed E-state index contributed by atoms with van der Waals surface area (Å²) < 4.78 is 0. The first-order valence-electron chi connectivity index (χ1n) is 6.03. The van der Waals surface area contributed by atoms with E-state index in [9.17, 15) is 0 Å². The molecular formula is C16H16ClN. The quantitative estimate of drug-likeness (QED) is 0.560. The molecule has 0 aliphatic rings. The molecule has 2 heteroatoms. The zero-order valence-electron chi connectivity index (χ0n) is 10.7. The number of aromatic nitrogens is 1. The van der Waals surface area contributed by atoms with E-state index in [2.05, 4.69) is 30.1 Å². The molecule has 0 aliphatic heterocycles. The molecule has 1 heterocycles. The average Bonchev–Trinajstić information content (AvgIpc) is 2.37. The lowest BCUT2D eigenvalue weighted by atomic mass is 10.1. The van der Waals surface area contributed by atoms with Crippen molar-refractivity contribution in [1.82, 2.24) is 4.98 Å². The molecule has 0 saturated heterocycles. The smallest absolute Gasteiger partial charge is 0.133 e. The number of para-hydroxylation sites is 1. The van der Waals surface area contributed by atoms with Crippen LogP contribution in [0.1, 0.15) is 19.4 Å².